The largest absolute Gasteiger partial charge is 0.308 e. The molecular weight excluding hydrogens is 212 g/mol. The normalized spacial score (nSPS) is 9.94. The Balaban J connectivity index is 2.23. The minimum Gasteiger partial charge on any atom is -0.308 e. The average Bonchev–Trinajstić information content (AvgIpc) is 2.38. The summed E-state index contributed by atoms with van der Waals surface area (Å²) in [5.74, 6) is 0.0278. The highest BCUT2D eigenvalue weighted by Crippen LogP contribution is 2.16. The Morgan fingerprint density at radius 2 is 1.76 bits per heavy atom. The number of amides is 1. The quantitative estimate of drug-likeness (QED) is 0.806. The summed E-state index contributed by atoms with van der Waals surface area (Å²) in [4.78, 5) is 17.3. The van der Waals surface area contributed by atoms with E-state index < -0.39 is 0 Å². The van der Waals surface area contributed by atoms with E-state index in [2.05, 4.69) is 4.98 Å². The van der Waals surface area contributed by atoms with Gasteiger partial charge in [-0.05, 0) is 17.7 Å². The molecule has 0 N–H and O–H groups in total. The molecule has 0 aliphatic carbocycles. The number of hydrogen-bond donors (Lipinski definition) is 0. The highest BCUT2D eigenvalue weighted by atomic mass is 16.2. The zero-order valence-corrected chi connectivity index (χ0v) is 9.71. The van der Waals surface area contributed by atoms with Gasteiger partial charge in [-0.25, -0.2) is 0 Å². The van der Waals surface area contributed by atoms with Gasteiger partial charge < -0.3 is 4.90 Å². The number of nitrogens with zero attached hydrogens (tertiary/aromatic N) is 2. The fourth-order valence-electron chi connectivity index (χ4n) is 1.67. The number of rotatable bonds is 3. The van der Waals surface area contributed by atoms with Crippen LogP contribution in [0.3, 0.4) is 0 Å². The van der Waals surface area contributed by atoms with E-state index in [1.165, 1.54) is 0 Å². The van der Waals surface area contributed by atoms with Crippen molar-refractivity contribution >= 4 is 11.6 Å². The highest BCUT2D eigenvalue weighted by molar-refractivity contribution is 5.91. The van der Waals surface area contributed by atoms with Crippen LogP contribution < -0.4 is 4.90 Å². The first-order chi connectivity index (χ1) is 8.27. The molecule has 0 saturated heterocycles. The molecule has 2 aromatic rings. The predicted octanol–water partition coefficient (Wildman–Crippen LogP) is 2.63. The summed E-state index contributed by atoms with van der Waals surface area (Å²) >= 11 is 0. The lowest BCUT2D eigenvalue weighted by Crippen LogP contribution is -2.27. The second-order valence-electron chi connectivity index (χ2n) is 3.80. The van der Waals surface area contributed by atoms with Gasteiger partial charge >= 0.3 is 0 Å². The van der Waals surface area contributed by atoms with Crippen molar-refractivity contribution in [2.45, 2.75) is 13.5 Å². The van der Waals surface area contributed by atoms with Crippen LogP contribution in [0.1, 0.15) is 12.5 Å². The number of anilines is 1. The van der Waals surface area contributed by atoms with Crippen molar-refractivity contribution in [2.24, 2.45) is 0 Å². The molecule has 1 aromatic carbocycles. The van der Waals surface area contributed by atoms with Gasteiger partial charge in [-0.15, -0.1) is 0 Å². The molecule has 0 saturated carbocycles. The Bertz CT molecular complexity index is 482. The van der Waals surface area contributed by atoms with Crippen LogP contribution in [0.2, 0.25) is 0 Å². The van der Waals surface area contributed by atoms with Crippen LogP contribution in [0.5, 0.6) is 0 Å². The van der Waals surface area contributed by atoms with Crippen LogP contribution >= 0.6 is 0 Å². The van der Waals surface area contributed by atoms with Crippen LogP contribution in [-0.4, -0.2) is 10.9 Å². The third kappa shape index (κ3) is 2.91. The molecule has 1 aromatic heterocycles. The molecule has 0 aliphatic rings. The molecule has 0 radical (unpaired) electrons. The number of carbonyl (C=O) groups is 1. The fourth-order valence-corrected chi connectivity index (χ4v) is 1.67. The minimum atomic E-state index is 0.0278. The SMILES string of the molecule is CC(=O)N(Cc1ccccc1)c1ccncc1. The molecule has 0 bridgehead atoms. The van der Waals surface area contributed by atoms with Gasteiger partial charge in [0.1, 0.15) is 0 Å². The van der Waals surface area contributed by atoms with Crippen molar-refractivity contribution in [3.63, 3.8) is 0 Å². The van der Waals surface area contributed by atoms with E-state index in [0.717, 1.165) is 11.3 Å². The Morgan fingerprint density at radius 1 is 1.12 bits per heavy atom. The molecule has 0 atom stereocenters. The molecule has 0 aliphatic heterocycles. The van der Waals surface area contributed by atoms with Crippen molar-refractivity contribution in [2.75, 3.05) is 4.90 Å². The number of pyridine rings is 1. The molecule has 1 heterocycles. The number of hydrogen-bond acceptors (Lipinski definition) is 2. The Labute approximate surface area is 101 Å². The lowest BCUT2D eigenvalue weighted by molar-refractivity contribution is -0.116. The number of carbonyl (C=O) groups excluding carboxylic acids is 1. The lowest BCUT2D eigenvalue weighted by Gasteiger charge is -2.21. The summed E-state index contributed by atoms with van der Waals surface area (Å²) in [7, 11) is 0. The molecule has 0 unspecified atom stereocenters. The zero-order chi connectivity index (χ0) is 12.1. The van der Waals surface area contributed by atoms with Gasteiger partial charge in [0.15, 0.2) is 0 Å². The molecule has 3 nitrogen and oxygen atoms in total. The maximum absolute atomic E-state index is 11.7. The monoisotopic (exact) mass is 226 g/mol. The molecule has 86 valence electrons. The molecule has 0 spiro atoms. The van der Waals surface area contributed by atoms with E-state index >= 15 is 0 Å². The van der Waals surface area contributed by atoms with Crippen LogP contribution in [0.4, 0.5) is 5.69 Å². The minimum absolute atomic E-state index is 0.0278. The van der Waals surface area contributed by atoms with E-state index in [9.17, 15) is 4.79 Å². The summed E-state index contributed by atoms with van der Waals surface area (Å²) in [6, 6.07) is 13.6. The molecule has 0 fully saturated rings. The van der Waals surface area contributed by atoms with Crippen molar-refractivity contribution in [3.8, 4) is 0 Å². The molecule has 2 rings (SSSR count). The Kier molecular flexibility index (Phi) is 3.50. The van der Waals surface area contributed by atoms with E-state index in [1.807, 2.05) is 42.5 Å². The first-order valence-corrected chi connectivity index (χ1v) is 5.49. The van der Waals surface area contributed by atoms with Gasteiger partial charge in [-0.3, -0.25) is 9.78 Å². The van der Waals surface area contributed by atoms with E-state index in [0.29, 0.717) is 6.54 Å². The summed E-state index contributed by atoms with van der Waals surface area (Å²) in [6.45, 7) is 2.16. The van der Waals surface area contributed by atoms with Crippen molar-refractivity contribution in [1.82, 2.24) is 4.98 Å². The maximum Gasteiger partial charge on any atom is 0.224 e. The topological polar surface area (TPSA) is 33.2 Å². The predicted molar refractivity (Wildman–Crippen MR) is 67.5 cm³/mol. The van der Waals surface area contributed by atoms with Gasteiger partial charge in [0.2, 0.25) is 5.91 Å². The number of benzene rings is 1. The van der Waals surface area contributed by atoms with Crippen molar-refractivity contribution < 1.29 is 4.79 Å². The van der Waals surface area contributed by atoms with Crippen LogP contribution in [0, 0.1) is 0 Å². The molecular formula is C14H14N2O. The third-order valence-electron chi connectivity index (χ3n) is 2.54. The summed E-state index contributed by atoms with van der Waals surface area (Å²) in [5, 5.41) is 0. The third-order valence-corrected chi connectivity index (χ3v) is 2.54. The molecule has 17 heavy (non-hydrogen) atoms. The Hall–Kier alpha value is -2.16. The van der Waals surface area contributed by atoms with Gasteiger partial charge in [-0.1, -0.05) is 30.3 Å². The zero-order valence-electron chi connectivity index (χ0n) is 9.71. The first kappa shape index (κ1) is 11.3. The van der Waals surface area contributed by atoms with Gasteiger partial charge in [0, 0.05) is 25.0 Å². The van der Waals surface area contributed by atoms with E-state index in [-0.39, 0.29) is 5.91 Å². The van der Waals surface area contributed by atoms with Crippen molar-refractivity contribution in [1.29, 1.82) is 0 Å². The van der Waals surface area contributed by atoms with Crippen molar-refractivity contribution in [3.05, 3.63) is 60.4 Å². The highest BCUT2D eigenvalue weighted by Gasteiger charge is 2.11. The lowest BCUT2D eigenvalue weighted by atomic mass is 10.2. The average molecular weight is 226 g/mol. The summed E-state index contributed by atoms with van der Waals surface area (Å²) < 4.78 is 0. The molecule has 1 amide bonds. The summed E-state index contributed by atoms with van der Waals surface area (Å²) in [5.41, 5.74) is 1.98. The smallest absolute Gasteiger partial charge is 0.224 e. The second kappa shape index (κ2) is 5.25. The van der Waals surface area contributed by atoms with Crippen LogP contribution in [0.15, 0.2) is 54.9 Å². The van der Waals surface area contributed by atoms with Gasteiger partial charge in [0.25, 0.3) is 0 Å². The first-order valence-electron chi connectivity index (χ1n) is 5.49. The van der Waals surface area contributed by atoms with E-state index in [1.54, 1.807) is 24.2 Å². The number of aromatic nitrogens is 1. The van der Waals surface area contributed by atoms with Gasteiger partial charge in [-0.2, -0.15) is 0 Å². The van der Waals surface area contributed by atoms with E-state index in [4.69, 9.17) is 0 Å². The summed E-state index contributed by atoms with van der Waals surface area (Å²) in [6.07, 6.45) is 3.38. The molecule has 3 heteroatoms. The fraction of sp³-hybridized carbons (Fsp3) is 0.143. The van der Waals surface area contributed by atoms with Crippen LogP contribution in [0.25, 0.3) is 0 Å². The maximum atomic E-state index is 11.7. The second-order valence-corrected chi connectivity index (χ2v) is 3.80. The Morgan fingerprint density at radius 3 is 2.35 bits per heavy atom. The standard InChI is InChI=1S/C14H14N2O/c1-12(17)16(14-7-9-15-10-8-14)11-13-5-3-2-4-6-13/h2-10H,11H2,1H3. The van der Waals surface area contributed by atoms with Crippen LogP contribution in [-0.2, 0) is 11.3 Å². The van der Waals surface area contributed by atoms with Gasteiger partial charge in [0.05, 0.1) is 6.54 Å².